The minimum Gasteiger partial charge on any atom is -0.383 e. The molecule has 1 heterocycles. The zero-order chi connectivity index (χ0) is 13.8. The Kier molecular flexibility index (Phi) is 4.27. The molecule has 0 spiro atoms. The van der Waals surface area contributed by atoms with Crippen molar-refractivity contribution in [1.82, 2.24) is 9.71 Å². The van der Waals surface area contributed by atoms with E-state index in [1.807, 2.05) is 6.07 Å². The summed E-state index contributed by atoms with van der Waals surface area (Å²) in [7, 11) is -3.25. The average molecular weight is 268 g/mol. The molecule has 98 valence electrons. The van der Waals surface area contributed by atoms with Gasteiger partial charge in [0.25, 0.3) is 0 Å². The van der Waals surface area contributed by atoms with E-state index in [9.17, 15) is 8.42 Å². The Bertz CT molecular complexity index is 561. The molecule has 0 fully saturated rings. The molecule has 0 aliphatic heterocycles. The van der Waals surface area contributed by atoms with Crippen LogP contribution in [0.2, 0.25) is 0 Å². The largest absolute Gasteiger partial charge is 0.383 e. The fourth-order valence-corrected chi connectivity index (χ4v) is 2.54. The van der Waals surface area contributed by atoms with Gasteiger partial charge in [-0.05, 0) is 26.0 Å². The van der Waals surface area contributed by atoms with E-state index in [-0.39, 0.29) is 0 Å². The van der Waals surface area contributed by atoms with Gasteiger partial charge in [0.2, 0.25) is 10.0 Å². The molecular weight excluding hydrogens is 252 g/mol. The van der Waals surface area contributed by atoms with Crippen LogP contribution in [-0.4, -0.2) is 31.7 Å². The summed E-state index contributed by atoms with van der Waals surface area (Å²) in [6.45, 7) is 3.94. The van der Waals surface area contributed by atoms with Crippen LogP contribution in [0.1, 0.15) is 19.5 Å². The van der Waals surface area contributed by atoms with E-state index in [0.29, 0.717) is 12.2 Å². The van der Waals surface area contributed by atoms with Crippen LogP contribution in [-0.2, 0) is 10.0 Å². The highest BCUT2D eigenvalue weighted by Gasteiger charge is 2.21. The number of aromatic nitrogens is 1. The summed E-state index contributed by atoms with van der Waals surface area (Å²) >= 11 is 0. The Morgan fingerprint density at radius 2 is 2.17 bits per heavy atom. The lowest BCUT2D eigenvalue weighted by Crippen LogP contribution is -2.47. The summed E-state index contributed by atoms with van der Waals surface area (Å²) in [4.78, 5) is 3.85. The molecule has 1 rings (SSSR count). The van der Waals surface area contributed by atoms with Crippen LogP contribution in [0.15, 0.2) is 18.3 Å². The highest BCUT2D eigenvalue weighted by molar-refractivity contribution is 7.88. The first-order valence-corrected chi connectivity index (χ1v) is 7.20. The lowest BCUT2D eigenvalue weighted by atomic mass is 10.1. The number of hydrogen-bond donors (Lipinski definition) is 2. The zero-order valence-electron chi connectivity index (χ0n) is 10.6. The van der Waals surface area contributed by atoms with Crippen LogP contribution in [0.3, 0.4) is 0 Å². The Morgan fingerprint density at radius 3 is 2.72 bits per heavy atom. The molecule has 0 aromatic carbocycles. The van der Waals surface area contributed by atoms with E-state index in [2.05, 4.69) is 15.0 Å². The highest BCUT2D eigenvalue weighted by Crippen LogP contribution is 2.10. The number of hydrogen-bond acceptors (Lipinski definition) is 5. The van der Waals surface area contributed by atoms with Gasteiger partial charge in [0.1, 0.15) is 11.8 Å². The first-order valence-electron chi connectivity index (χ1n) is 5.31. The summed E-state index contributed by atoms with van der Waals surface area (Å²) in [5.74, 6) is 0. The van der Waals surface area contributed by atoms with Crippen molar-refractivity contribution in [2.45, 2.75) is 19.4 Å². The number of pyridine rings is 1. The normalized spacial score (nSPS) is 11.9. The van der Waals surface area contributed by atoms with Gasteiger partial charge in [-0.15, -0.1) is 0 Å². The second-order valence-electron chi connectivity index (χ2n) is 4.65. The van der Waals surface area contributed by atoms with E-state index in [0.717, 1.165) is 11.9 Å². The number of sulfonamides is 1. The number of nitrogens with zero attached hydrogens (tertiary/aromatic N) is 2. The third-order valence-corrected chi connectivity index (χ3v) is 2.99. The first kappa shape index (κ1) is 14.4. The van der Waals surface area contributed by atoms with Gasteiger partial charge in [-0.2, -0.15) is 5.26 Å². The predicted octanol–water partition coefficient (Wildman–Crippen LogP) is 0.693. The van der Waals surface area contributed by atoms with Crippen LogP contribution in [0.4, 0.5) is 5.69 Å². The molecule has 0 bridgehead atoms. The Balaban J connectivity index is 2.67. The highest BCUT2D eigenvalue weighted by atomic mass is 32.2. The maximum Gasteiger partial charge on any atom is 0.209 e. The topological polar surface area (TPSA) is 94.9 Å². The van der Waals surface area contributed by atoms with Crippen molar-refractivity contribution in [3.63, 3.8) is 0 Å². The van der Waals surface area contributed by atoms with E-state index >= 15 is 0 Å². The van der Waals surface area contributed by atoms with Crippen molar-refractivity contribution in [2.75, 3.05) is 18.1 Å². The molecule has 1 aromatic heterocycles. The monoisotopic (exact) mass is 268 g/mol. The molecule has 0 unspecified atom stereocenters. The molecule has 0 amide bonds. The lowest BCUT2D eigenvalue weighted by Gasteiger charge is -2.25. The molecule has 18 heavy (non-hydrogen) atoms. The van der Waals surface area contributed by atoms with E-state index in [1.165, 1.54) is 6.20 Å². The van der Waals surface area contributed by atoms with E-state index in [4.69, 9.17) is 5.26 Å². The van der Waals surface area contributed by atoms with E-state index in [1.54, 1.807) is 26.0 Å². The molecule has 1 aromatic rings. The van der Waals surface area contributed by atoms with Gasteiger partial charge >= 0.3 is 0 Å². The zero-order valence-corrected chi connectivity index (χ0v) is 11.4. The van der Waals surface area contributed by atoms with Crippen LogP contribution >= 0.6 is 0 Å². The van der Waals surface area contributed by atoms with Crippen molar-refractivity contribution < 1.29 is 8.42 Å². The van der Waals surface area contributed by atoms with Gasteiger partial charge in [0.15, 0.2) is 0 Å². The fraction of sp³-hybridized carbons (Fsp3) is 0.455. The molecule has 2 N–H and O–H groups in total. The third-order valence-electron chi connectivity index (χ3n) is 2.07. The molecule has 7 heteroatoms. The molecule has 6 nitrogen and oxygen atoms in total. The predicted molar refractivity (Wildman–Crippen MR) is 69.5 cm³/mol. The Labute approximate surface area is 107 Å². The summed E-state index contributed by atoms with van der Waals surface area (Å²) < 4.78 is 24.9. The number of nitriles is 1. The van der Waals surface area contributed by atoms with Crippen LogP contribution < -0.4 is 10.0 Å². The number of rotatable bonds is 5. The van der Waals surface area contributed by atoms with Crippen LogP contribution in [0, 0.1) is 11.3 Å². The molecule has 0 radical (unpaired) electrons. The van der Waals surface area contributed by atoms with Gasteiger partial charge in [-0.1, -0.05) is 0 Å². The van der Waals surface area contributed by atoms with Crippen molar-refractivity contribution in [2.24, 2.45) is 0 Å². The van der Waals surface area contributed by atoms with Gasteiger partial charge in [-0.25, -0.2) is 18.1 Å². The van der Waals surface area contributed by atoms with E-state index < -0.39 is 15.6 Å². The smallest absolute Gasteiger partial charge is 0.209 e. The second kappa shape index (κ2) is 5.33. The standard InChI is InChI=1S/C11H16N4O2S/c1-11(2,15-18(3,16)17)8-14-9-4-5-13-10(6-9)7-12/h4-6,15H,8H2,1-3H3,(H,13,14). The number of anilines is 1. The summed E-state index contributed by atoms with van der Waals surface area (Å²) in [5, 5.41) is 11.8. The van der Waals surface area contributed by atoms with Crippen molar-refractivity contribution in [1.29, 1.82) is 5.26 Å². The lowest BCUT2D eigenvalue weighted by molar-refractivity contribution is 0.476. The number of nitrogens with one attached hydrogen (secondary N) is 2. The quantitative estimate of drug-likeness (QED) is 0.819. The Morgan fingerprint density at radius 1 is 1.50 bits per heavy atom. The molecule has 0 saturated heterocycles. The maximum absolute atomic E-state index is 11.2. The minimum atomic E-state index is -3.25. The SMILES string of the molecule is CC(C)(CNc1ccnc(C#N)c1)NS(C)(=O)=O. The van der Waals surface area contributed by atoms with Gasteiger partial charge in [0.05, 0.1) is 6.26 Å². The van der Waals surface area contributed by atoms with Crippen molar-refractivity contribution >= 4 is 15.7 Å². The molecule has 0 saturated carbocycles. The van der Waals surface area contributed by atoms with Gasteiger partial charge < -0.3 is 5.32 Å². The summed E-state index contributed by atoms with van der Waals surface area (Å²) in [6.07, 6.45) is 2.65. The summed E-state index contributed by atoms with van der Waals surface area (Å²) in [6, 6.07) is 5.27. The molecule has 0 atom stereocenters. The second-order valence-corrected chi connectivity index (χ2v) is 6.40. The molecule has 0 aliphatic carbocycles. The third kappa shape index (κ3) is 5.12. The molecular formula is C11H16N4O2S. The fourth-order valence-electron chi connectivity index (χ4n) is 1.46. The first-order chi connectivity index (χ1) is 8.22. The maximum atomic E-state index is 11.2. The van der Waals surface area contributed by atoms with Gasteiger partial charge in [0, 0.05) is 24.0 Å². The van der Waals surface area contributed by atoms with Crippen molar-refractivity contribution in [3.05, 3.63) is 24.0 Å². The van der Waals surface area contributed by atoms with Crippen LogP contribution in [0.5, 0.6) is 0 Å². The van der Waals surface area contributed by atoms with Gasteiger partial charge in [-0.3, -0.25) is 0 Å². The Hall–Kier alpha value is -1.65. The average Bonchev–Trinajstić information content (AvgIpc) is 2.24. The van der Waals surface area contributed by atoms with Crippen molar-refractivity contribution in [3.8, 4) is 6.07 Å². The summed E-state index contributed by atoms with van der Waals surface area (Å²) in [5.41, 5.74) is 0.419. The minimum absolute atomic E-state index is 0.314. The molecule has 0 aliphatic rings. The van der Waals surface area contributed by atoms with Crippen LogP contribution in [0.25, 0.3) is 0 Å².